The molecule has 0 saturated carbocycles. The quantitative estimate of drug-likeness (QED) is 0.854. The molecule has 19 heavy (non-hydrogen) atoms. The molecule has 0 radical (unpaired) electrons. The summed E-state index contributed by atoms with van der Waals surface area (Å²) in [5, 5.41) is 0.141. The number of hydrogen-bond donors (Lipinski definition) is 0. The Morgan fingerprint density at radius 1 is 1.53 bits per heavy atom. The van der Waals surface area contributed by atoms with Gasteiger partial charge < -0.3 is 4.90 Å². The Hall–Kier alpha value is -0.680. The van der Waals surface area contributed by atoms with Crippen molar-refractivity contribution in [3.63, 3.8) is 0 Å². The first kappa shape index (κ1) is 14.7. The number of aromatic nitrogens is 1. The van der Waals surface area contributed by atoms with E-state index in [1.807, 2.05) is 35.0 Å². The van der Waals surface area contributed by atoms with E-state index in [1.54, 1.807) is 18.0 Å². The van der Waals surface area contributed by atoms with Gasteiger partial charge >= 0.3 is 0 Å². The van der Waals surface area contributed by atoms with Crippen LogP contribution in [0.3, 0.4) is 0 Å². The predicted octanol–water partition coefficient (Wildman–Crippen LogP) is 3.19. The molecular weight excluding hydrogens is 276 g/mol. The van der Waals surface area contributed by atoms with Crippen LogP contribution in [0.25, 0.3) is 0 Å². The van der Waals surface area contributed by atoms with E-state index in [2.05, 4.69) is 25.8 Å². The molecule has 0 bridgehead atoms. The topological polar surface area (TPSA) is 33.2 Å². The van der Waals surface area contributed by atoms with E-state index >= 15 is 0 Å². The van der Waals surface area contributed by atoms with Crippen LogP contribution in [-0.2, 0) is 4.79 Å². The van der Waals surface area contributed by atoms with Crippen molar-refractivity contribution in [3.8, 4) is 0 Å². The van der Waals surface area contributed by atoms with Crippen LogP contribution in [-0.4, -0.2) is 38.6 Å². The Morgan fingerprint density at radius 3 is 2.95 bits per heavy atom. The summed E-state index contributed by atoms with van der Waals surface area (Å²) in [4.78, 5) is 18.1. The van der Waals surface area contributed by atoms with Gasteiger partial charge in [0.05, 0.1) is 5.75 Å². The lowest BCUT2D eigenvalue weighted by Gasteiger charge is -2.25. The number of rotatable bonds is 4. The van der Waals surface area contributed by atoms with Gasteiger partial charge in [0, 0.05) is 35.0 Å². The predicted molar refractivity (Wildman–Crippen MR) is 83.4 cm³/mol. The molecule has 5 heteroatoms. The second-order valence-electron chi connectivity index (χ2n) is 5.50. The average Bonchev–Trinajstić information content (AvgIpc) is 2.71. The van der Waals surface area contributed by atoms with Gasteiger partial charge in [-0.05, 0) is 6.07 Å². The summed E-state index contributed by atoms with van der Waals surface area (Å²) < 4.78 is 0.250. The van der Waals surface area contributed by atoms with Crippen LogP contribution in [0.1, 0.15) is 31.7 Å². The Kier molecular flexibility index (Phi) is 4.79. The number of pyridine rings is 1. The third-order valence-electron chi connectivity index (χ3n) is 2.80. The van der Waals surface area contributed by atoms with Gasteiger partial charge in [0.1, 0.15) is 5.37 Å². The Morgan fingerprint density at radius 2 is 2.32 bits per heavy atom. The first-order chi connectivity index (χ1) is 8.97. The highest BCUT2D eigenvalue weighted by molar-refractivity contribution is 8.01. The molecule has 0 N–H and O–H groups in total. The van der Waals surface area contributed by atoms with E-state index in [9.17, 15) is 4.79 Å². The fraction of sp³-hybridized carbons (Fsp3) is 0.571. The third kappa shape index (κ3) is 4.14. The summed E-state index contributed by atoms with van der Waals surface area (Å²) in [5.41, 5.74) is 1.12. The van der Waals surface area contributed by atoms with Gasteiger partial charge in [0.15, 0.2) is 0 Å². The number of carbonyl (C=O) groups is 1. The van der Waals surface area contributed by atoms with Gasteiger partial charge in [-0.25, -0.2) is 0 Å². The van der Waals surface area contributed by atoms with Crippen molar-refractivity contribution in [2.45, 2.75) is 30.9 Å². The number of thioether (sulfide) groups is 2. The van der Waals surface area contributed by atoms with Crippen molar-refractivity contribution in [3.05, 3.63) is 30.1 Å². The molecule has 1 aromatic heterocycles. The molecule has 1 atom stereocenters. The highest BCUT2D eigenvalue weighted by atomic mass is 32.2. The zero-order valence-electron chi connectivity index (χ0n) is 11.6. The molecule has 1 aromatic rings. The zero-order valence-corrected chi connectivity index (χ0v) is 13.3. The van der Waals surface area contributed by atoms with Crippen molar-refractivity contribution >= 4 is 29.4 Å². The molecule has 1 fully saturated rings. The first-order valence-corrected chi connectivity index (χ1v) is 8.46. The largest absolute Gasteiger partial charge is 0.325 e. The van der Waals surface area contributed by atoms with E-state index in [0.717, 1.165) is 17.9 Å². The molecule has 1 saturated heterocycles. The zero-order chi connectivity index (χ0) is 13.9. The fourth-order valence-corrected chi connectivity index (χ4v) is 4.05. The van der Waals surface area contributed by atoms with Crippen molar-refractivity contribution in [2.75, 3.05) is 18.1 Å². The molecule has 2 rings (SSSR count). The average molecular weight is 296 g/mol. The maximum Gasteiger partial charge on any atom is 0.233 e. The second-order valence-corrected chi connectivity index (χ2v) is 8.49. The van der Waals surface area contributed by atoms with E-state index in [4.69, 9.17) is 0 Å². The van der Waals surface area contributed by atoms with Crippen LogP contribution in [0, 0.1) is 0 Å². The van der Waals surface area contributed by atoms with Crippen molar-refractivity contribution in [2.24, 2.45) is 0 Å². The molecule has 1 amide bonds. The number of amides is 1. The van der Waals surface area contributed by atoms with E-state index < -0.39 is 0 Å². The van der Waals surface area contributed by atoms with Crippen LogP contribution in [0.15, 0.2) is 24.5 Å². The normalized spacial score (nSPS) is 20.1. The summed E-state index contributed by atoms with van der Waals surface area (Å²) in [6.07, 6.45) is 3.63. The van der Waals surface area contributed by atoms with Crippen molar-refractivity contribution in [1.82, 2.24) is 9.88 Å². The molecule has 3 nitrogen and oxygen atoms in total. The highest BCUT2D eigenvalue weighted by Gasteiger charge is 2.32. The molecule has 0 spiro atoms. The molecule has 0 aliphatic carbocycles. The Balaban J connectivity index is 1.98. The van der Waals surface area contributed by atoms with Crippen LogP contribution in [0.4, 0.5) is 0 Å². The lowest BCUT2D eigenvalue weighted by molar-refractivity contribution is -0.127. The van der Waals surface area contributed by atoms with Crippen molar-refractivity contribution < 1.29 is 4.79 Å². The summed E-state index contributed by atoms with van der Waals surface area (Å²) in [5.74, 6) is 1.81. The second kappa shape index (κ2) is 6.18. The maximum absolute atomic E-state index is 12.0. The lowest BCUT2D eigenvalue weighted by atomic mass is 10.2. The summed E-state index contributed by atoms with van der Waals surface area (Å²) in [7, 11) is 0. The standard InChI is InChI=1S/C14H20N2OS2/c1-14(2,3)19-8-7-16-12(17)10-18-13(16)11-5-4-6-15-9-11/h4-6,9,13H,7-8,10H2,1-3H3. The van der Waals surface area contributed by atoms with E-state index in [-0.39, 0.29) is 16.0 Å². The smallest absolute Gasteiger partial charge is 0.233 e. The van der Waals surface area contributed by atoms with Crippen LogP contribution < -0.4 is 0 Å². The Labute approximate surface area is 123 Å². The van der Waals surface area contributed by atoms with Gasteiger partial charge in [0.2, 0.25) is 5.91 Å². The molecular formula is C14H20N2OS2. The number of nitrogens with zero attached hydrogens (tertiary/aromatic N) is 2. The van der Waals surface area contributed by atoms with Gasteiger partial charge in [0.25, 0.3) is 0 Å². The lowest BCUT2D eigenvalue weighted by Crippen LogP contribution is -2.31. The monoisotopic (exact) mass is 296 g/mol. The van der Waals surface area contributed by atoms with Crippen LogP contribution in [0.5, 0.6) is 0 Å². The van der Waals surface area contributed by atoms with Gasteiger partial charge in [-0.3, -0.25) is 9.78 Å². The first-order valence-electron chi connectivity index (χ1n) is 6.42. The SMILES string of the molecule is CC(C)(C)SCCN1C(=O)CSC1c1cccnc1. The molecule has 104 valence electrons. The van der Waals surface area contributed by atoms with E-state index in [0.29, 0.717) is 5.75 Å². The highest BCUT2D eigenvalue weighted by Crippen LogP contribution is 2.38. The van der Waals surface area contributed by atoms with Gasteiger partial charge in [-0.1, -0.05) is 26.8 Å². The fourth-order valence-electron chi connectivity index (χ4n) is 1.94. The molecule has 0 aromatic carbocycles. The molecule has 2 heterocycles. The Bertz CT molecular complexity index is 431. The number of carbonyl (C=O) groups excluding carboxylic acids is 1. The van der Waals surface area contributed by atoms with Gasteiger partial charge in [-0.15, -0.1) is 11.8 Å². The summed E-state index contributed by atoms with van der Waals surface area (Å²) >= 11 is 3.60. The summed E-state index contributed by atoms with van der Waals surface area (Å²) in [6, 6.07) is 3.98. The van der Waals surface area contributed by atoms with Crippen LogP contribution in [0.2, 0.25) is 0 Å². The molecule has 1 aliphatic heterocycles. The third-order valence-corrected chi connectivity index (χ3v) is 5.31. The summed E-state index contributed by atoms with van der Waals surface area (Å²) in [6.45, 7) is 7.43. The molecule has 1 unspecified atom stereocenters. The molecule has 1 aliphatic rings. The maximum atomic E-state index is 12.0. The van der Waals surface area contributed by atoms with Crippen molar-refractivity contribution in [1.29, 1.82) is 0 Å². The minimum absolute atomic E-state index is 0.141. The number of hydrogen-bond acceptors (Lipinski definition) is 4. The minimum Gasteiger partial charge on any atom is -0.325 e. The van der Waals surface area contributed by atoms with Crippen LogP contribution >= 0.6 is 23.5 Å². The van der Waals surface area contributed by atoms with Gasteiger partial charge in [-0.2, -0.15) is 11.8 Å². The van der Waals surface area contributed by atoms with E-state index in [1.165, 1.54) is 0 Å². The minimum atomic E-state index is 0.141.